The number of rotatable bonds is 9. The van der Waals surface area contributed by atoms with Crippen molar-refractivity contribution in [2.45, 2.75) is 52.6 Å². The van der Waals surface area contributed by atoms with Crippen LogP contribution in [0.3, 0.4) is 0 Å². The summed E-state index contributed by atoms with van der Waals surface area (Å²) >= 11 is 0. The molecule has 1 fully saturated rings. The van der Waals surface area contributed by atoms with Gasteiger partial charge in [0.15, 0.2) is 18.1 Å². The Balaban J connectivity index is 1.83. The summed E-state index contributed by atoms with van der Waals surface area (Å²) in [5, 5.41) is 8.91. The number of nitrogens with two attached hydrogens (primary N) is 1. The first-order valence-electron chi connectivity index (χ1n) is 13.3. The number of benzene rings is 1. The number of carbonyl (C=O) groups is 3. The van der Waals surface area contributed by atoms with Gasteiger partial charge in [0.1, 0.15) is 5.75 Å². The number of carboxylic acid groups (broad SMARTS) is 1. The van der Waals surface area contributed by atoms with Crippen LogP contribution >= 0.6 is 0 Å². The van der Waals surface area contributed by atoms with Crippen molar-refractivity contribution in [3.8, 4) is 17.1 Å². The molecule has 0 saturated carbocycles. The summed E-state index contributed by atoms with van der Waals surface area (Å²) in [6.07, 6.45) is 5.46. The zero-order chi connectivity index (χ0) is 28.8. The number of amides is 2. The molecule has 1 aliphatic heterocycles. The van der Waals surface area contributed by atoms with E-state index in [1.807, 2.05) is 26.0 Å². The molecule has 3 aromatic rings. The van der Waals surface area contributed by atoms with Crippen LogP contribution in [-0.4, -0.2) is 48.3 Å². The summed E-state index contributed by atoms with van der Waals surface area (Å²) in [7, 11) is 0. The van der Waals surface area contributed by atoms with Crippen LogP contribution in [0.5, 0.6) is 5.75 Å². The summed E-state index contributed by atoms with van der Waals surface area (Å²) in [5.74, 6) is 3.50. The van der Waals surface area contributed by atoms with E-state index in [1.54, 1.807) is 12.1 Å². The second-order valence-corrected chi connectivity index (χ2v) is 10.0. The van der Waals surface area contributed by atoms with Gasteiger partial charge in [0.05, 0.1) is 11.8 Å². The number of carboxylic acids is 1. The topological polar surface area (TPSA) is 169 Å². The lowest BCUT2D eigenvalue weighted by Crippen LogP contribution is -2.69. The third-order valence-electron chi connectivity index (χ3n) is 7.42. The number of nitrogens with zero attached hydrogens (tertiary/aromatic N) is 5. The number of carbonyl (C=O) groups excluding carboxylic acids is 2. The zero-order valence-corrected chi connectivity index (χ0v) is 22.3. The average Bonchev–Trinajstić information content (AvgIpc) is 3.44. The van der Waals surface area contributed by atoms with E-state index < -0.39 is 52.2 Å². The van der Waals surface area contributed by atoms with Gasteiger partial charge in [0.25, 0.3) is 5.56 Å². The molecule has 3 heterocycles. The number of hydrogen-bond donors (Lipinski definition) is 2. The predicted molar refractivity (Wildman–Crippen MR) is 144 cm³/mol. The van der Waals surface area contributed by atoms with Crippen molar-refractivity contribution in [2.24, 2.45) is 17.7 Å². The Kier molecular flexibility index (Phi) is 7.02. The van der Waals surface area contributed by atoms with Gasteiger partial charge in [0.2, 0.25) is 5.52 Å². The Morgan fingerprint density at radius 2 is 1.57 bits per heavy atom. The minimum Gasteiger partial charge on any atom is -0.482 e. The predicted octanol–water partition coefficient (Wildman–Crippen LogP) is 1.27. The van der Waals surface area contributed by atoms with Crippen molar-refractivity contribution in [1.82, 2.24) is 23.5 Å². The van der Waals surface area contributed by atoms with Gasteiger partial charge in [-0.3, -0.25) is 13.9 Å². The van der Waals surface area contributed by atoms with E-state index in [0.29, 0.717) is 31.2 Å². The van der Waals surface area contributed by atoms with Gasteiger partial charge in [0, 0.05) is 18.7 Å². The molecular formula is C27H31N6O7+. The normalized spacial score (nSPS) is 22.2. The smallest absolute Gasteiger partial charge is 0.369 e. The molecule has 3 N–H and O–H groups in total. The molecule has 2 aliphatic rings. The number of imidazole rings is 1. The SMILES string of the molecule is CCCn1c(=O)c2c(nc(-c3ccc(OCC(=O)O)cc3)n2[N+]2(N)C(=O)[C@H]3CC=CC[C@H]3C2=O)n(CCC)c1=O. The highest BCUT2D eigenvalue weighted by Crippen LogP contribution is 2.39. The van der Waals surface area contributed by atoms with Crippen LogP contribution in [0.15, 0.2) is 46.0 Å². The Morgan fingerprint density at radius 1 is 1.00 bits per heavy atom. The maximum atomic E-state index is 13.9. The monoisotopic (exact) mass is 551 g/mol. The number of aromatic nitrogens is 4. The number of quaternary nitrogens is 1. The molecule has 2 aromatic heterocycles. The number of fused-ring (bicyclic) bond motifs is 2. The van der Waals surface area contributed by atoms with Crippen molar-refractivity contribution < 1.29 is 24.2 Å². The number of allylic oxidation sites excluding steroid dienone is 2. The minimum absolute atomic E-state index is 0.0296. The Morgan fingerprint density at radius 3 is 2.12 bits per heavy atom. The highest BCUT2D eigenvalue weighted by Gasteiger charge is 2.64. The Hall–Kier alpha value is -4.36. The summed E-state index contributed by atoms with van der Waals surface area (Å²) in [6, 6.07) is 6.14. The van der Waals surface area contributed by atoms with E-state index in [0.717, 1.165) is 4.57 Å². The van der Waals surface area contributed by atoms with E-state index in [-0.39, 0.29) is 35.8 Å². The van der Waals surface area contributed by atoms with Gasteiger partial charge in [-0.25, -0.2) is 24.2 Å². The third kappa shape index (κ3) is 4.09. The lowest BCUT2D eigenvalue weighted by Gasteiger charge is -2.25. The molecule has 0 radical (unpaired) electrons. The first kappa shape index (κ1) is 27.2. The number of hydrogen-bond acceptors (Lipinski definition) is 8. The molecule has 1 aliphatic carbocycles. The number of ether oxygens (including phenoxy) is 1. The van der Waals surface area contributed by atoms with Gasteiger partial charge in [-0.15, -0.1) is 10.5 Å². The van der Waals surface area contributed by atoms with Gasteiger partial charge < -0.3 is 9.84 Å². The lowest BCUT2D eigenvalue weighted by atomic mass is 9.85. The zero-order valence-electron chi connectivity index (χ0n) is 22.3. The van der Waals surface area contributed by atoms with Crippen molar-refractivity contribution in [1.29, 1.82) is 0 Å². The number of aliphatic carboxylic acids is 1. The van der Waals surface area contributed by atoms with E-state index in [1.165, 1.54) is 21.4 Å². The second-order valence-electron chi connectivity index (χ2n) is 10.0. The number of imide groups is 1. The fourth-order valence-electron chi connectivity index (χ4n) is 5.58. The molecule has 13 heteroatoms. The Labute approximate surface area is 228 Å². The maximum absolute atomic E-state index is 13.9. The molecule has 2 amide bonds. The molecule has 0 spiro atoms. The molecule has 5 rings (SSSR count). The highest BCUT2D eigenvalue weighted by atomic mass is 16.5. The maximum Gasteiger partial charge on any atom is 0.369 e. The van der Waals surface area contributed by atoms with Crippen molar-refractivity contribution >= 4 is 28.9 Å². The molecule has 40 heavy (non-hydrogen) atoms. The van der Waals surface area contributed by atoms with Crippen LogP contribution in [0, 0.1) is 11.8 Å². The summed E-state index contributed by atoms with van der Waals surface area (Å²) in [5.41, 5.74) is -0.922. The highest BCUT2D eigenvalue weighted by molar-refractivity contribution is 6.12. The fourth-order valence-corrected chi connectivity index (χ4v) is 5.58. The van der Waals surface area contributed by atoms with Gasteiger partial charge in [-0.2, -0.15) is 0 Å². The van der Waals surface area contributed by atoms with Crippen LogP contribution in [0.1, 0.15) is 39.5 Å². The molecule has 13 nitrogen and oxygen atoms in total. The van der Waals surface area contributed by atoms with Crippen molar-refractivity contribution in [3.63, 3.8) is 0 Å². The van der Waals surface area contributed by atoms with Crippen molar-refractivity contribution in [3.05, 3.63) is 57.3 Å². The minimum atomic E-state index is -1.30. The summed E-state index contributed by atoms with van der Waals surface area (Å²) < 4.78 is 7.57. The third-order valence-corrected chi connectivity index (χ3v) is 7.42. The molecule has 1 unspecified atom stereocenters. The van der Waals surface area contributed by atoms with Gasteiger partial charge in [-0.1, -0.05) is 26.0 Å². The van der Waals surface area contributed by atoms with E-state index in [2.05, 4.69) is 4.98 Å². The molecule has 1 saturated heterocycles. The lowest BCUT2D eigenvalue weighted by molar-refractivity contribution is -0.147. The molecule has 0 bridgehead atoms. The molecule has 210 valence electrons. The van der Waals surface area contributed by atoms with Crippen LogP contribution in [-0.2, 0) is 27.5 Å². The van der Waals surface area contributed by atoms with Crippen LogP contribution in [0.4, 0.5) is 0 Å². The van der Waals surface area contributed by atoms with Gasteiger partial charge in [-0.05, 0) is 54.6 Å². The summed E-state index contributed by atoms with van der Waals surface area (Å²) in [4.78, 5) is 70.6. The van der Waals surface area contributed by atoms with Gasteiger partial charge >= 0.3 is 23.5 Å². The molecular weight excluding hydrogens is 520 g/mol. The average molecular weight is 552 g/mol. The van der Waals surface area contributed by atoms with Crippen LogP contribution < -0.4 is 26.5 Å². The number of aryl methyl sites for hydroxylation is 1. The second kappa shape index (κ2) is 10.3. The van der Waals surface area contributed by atoms with Crippen LogP contribution in [0.25, 0.3) is 22.6 Å². The quantitative estimate of drug-likeness (QED) is 0.131. The van der Waals surface area contributed by atoms with Crippen molar-refractivity contribution in [2.75, 3.05) is 6.61 Å². The largest absolute Gasteiger partial charge is 0.482 e. The first-order valence-corrected chi connectivity index (χ1v) is 13.3. The van der Waals surface area contributed by atoms with E-state index in [9.17, 15) is 24.0 Å². The fraction of sp³-hybridized carbons (Fsp3) is 0.407. The first-order chi connectivity index (χ1) is 19.1. The summed E-state index contributed by atoms with van der Waals surface area (Å²) in [6.45, 7) is 3.55. The van der Waals surface area contributed by atoms with Crippen LogP contribution in [0.2, 0.25) is 0 Å². The molecule has 1 aromatic carbocycles. The van der Waals surface area contributed by atoms with E-state index >= 15 is 0 Å². The standard InChI is InChI=1S/C27H30N6O7/c1-3-13-30-23-21(24(36)31(14-4-2)27(30)39)32(33(28)25(37)18-7-5-6-8-19(18)26(33)38)22(29-23)16-9-11-17(12-10-16)40-15-20(34)35/h5-6,9-12,18-19H,3-4,7-8,13-15,28H2,1-2H3/p+1/t18-,19+,33?. The van der Waals surface area contributed by atoms with E-state index in [4.69, 9.17) is 15.7 Å². The molecule has 3 atom stereocenters. The Bertz CT molecular complexity index is 1640.